The second kappa shape index (κ2) is 7.94. The van der Waals surface area contributed by atoms with Crippen LogP contribution in [0.15, 0.2) is 18.2 Å². The minimum Gasteiger partial charge on any atom is -0.497 e. The Morgan fingerprint density at radius 3 is 2.70 bits per heavy atom. The van der Waals surface area contributed by atoms with Crippen molar-refractivity contribution in [1.82, 2.24) is 5.32 Å². The average molecular weight is 293 g/mol. The summed E-state index contributed by atoms with van der Waals surface area (Å²) in [5, 5.41) is 3.68. The van der Waals surface area contributed by atoms with Crippen molar-refractivity contribution in [3.63, 3.8) is 0 Å². The molecule has 0 saturated carbocycles. The summed E-state index contributed by atoms with van der Waals surface area (Å²) >= 11 is 2.11. The fourth-order valence-electron chi connectivity index (χ4n) is 3.05. The second-order valence-electron chi connectivity index (χ2n) is 5.62. The smallest absolute Gasteiger partial charge is 0.119 e. The normalized spacial score (nSPS) is 17.9. The van der Waals surface area contributed by atoms with Crippen molar-refractivity contribution in [2.24, 2.45) is 5.92 Å². The van der Waals surface area contributed by atoms with Crippen LogP contribution in [0.3, 0.4) is 0 Å². The van der Waals surface area contributed by atoms with E-state index in [1.807, 2.05) is 0 Å². The van der Waals surface area contributed by atoms with Gasteiger partial charge in [0, 0.05) is 6.04 Å². The monoisotopic (exact) mass is 293 g/mol. The highest BCUT2D eigenvalue weighted by molar-refractivity contribution is 7.99. The van der Waals surface area contributed by atoms with E-state index >= 15 is 0 Å². The van der Waals surface area contributed by atoms with Gasteiger partial charge in [0.25, 0.3) is 0 Å². The molecule has 1 unspecified atom stereocenters. The molecular formula is C17H27NOS. The predicted molar refractivity (Wildman–Crippen MR) is 88.8 cm³/mol. The van der Waals surface area contributed by atoms with E-state index in [1.165, 1.54) is 41.9 Å². The molecule has 0 bridgehead atoms. The Bertz CT molecular complexity index is 415. The van der Waals surface area contributed by atoms with E-state index in [0.717, 1.165) is 18.2 Å². The Hall–Kier alpha value is -0.670. The van der Waals surface area contributed by atoms with E-state index in [0.29, 0.717) is 6.04 Å². The number of benzene rings is 1. The van der Waals surface area contributed by atoms with Crippen molar-refractivity contribution in [2.75, 3.05) is 25.2 Å². The molecule has 3 heteroatoms. The molecule has 1 saturated heterocycles. The molecule has 0 aromatic heterocycles. The van der Waals surface area contributed by atoms with Crippen molar-refractivity contribution in [2.45, 2.75) is 39.2 Å². The van der Waals surface area contributed by atoms with Crippen LogP contribution in [-0.2, 0) is 0 Å². The van der Waals surface area contributed by atoms with E-state index in [9.17, 15) is 0 Å². The Kier molecular flexibility index (Phi) is 6.24. The molecule has 2 nitrogen and oxygen atoms in total. The largest absolute Gasteiger partial charge is 0.497 e. The SMILES string of the molecule is CCNC(CC1CCSCC1)c1ccc(OC)cc1C. The molecular weight excluding hydrogens is 266 g/mol. The highest BCUT2D eigenvalue weighted by Gasteiger charge is 2.21. The summed E-state index contributed by atoms with van der Waals surface area (Å²) in [5.74, 6) is 4.51. The number of ether oxygens (including phenoxy) is 1. The van der Waals surface area contributed by atoms with Crippen molar-refractivity contribution >= 4 is 11.8 Å². The minimum atomic E-state index is 0.485. The van der Waals surface area contributed by atoms with Gasteiger partial charge in [-0.1, -0.05) is 13.0 Å². The van der Waals surface area contributed by atoms with Crippen LogP contribution in [0.4, 0.5) is 0 Å². The molecule has 1 aromatic rings. The van der Waals surface area contributed by atoms with Gasteiger partial charge in [0.15, 0.2) is 0 Å². The highest BCUT2D eigenvalue weighted by Crippen LogP contribution is 2.33. The fourth-order valence-corrected chi connectivity index (χ4v) is 4.25. The van der Waals surface area contributed by atoms with Gasteiger partial charge in [-0.3, -0.25) is 0 Å². The zero-order valence-corrected chi connectivity index (χ0v) is 13.8. The van der Waals surface area contributed by atoms with E-state index in [1.54, 1.807) is 7.11 Å². The summed E-state index contributed by atoms with van der Waals surface area (Å²) in [7, 11) is 1.73. The average Bonchev–Trinajstić information content (AvgIpc) is 2.48. The first kappa shape index (κ1) is 15.7. The molecule has 20 heavy (non-hydrogen) atoms. The van der Waals surface area contributed by atoms with Crippen LogP contribution >= 0.6 is 11.8 Å². The van der Waals surface area contributed by atoms with E-state index in [4.69, 9.17) is 4.74 Å². The first-order valence-corrected chi connectivity index (χ1v) is 8.85. The molecule has 0 amide bonds. The summed E-state index contributed by atoms with van der Waals surface area (Å²) in [6.45, 7) is 5.42. The summed E-state index contributed by atoms with van der Waals surface area (Å²) in [4.78, 5) is 0. The maximum Gasteiger partial charge on any atom is 0.119 e. The third kappa shape index (κ3) is 4.16. The predicted octanol–water partition coefficient (Wildman–Crippen LogP) is 4.19. The fraction of sp³-hybridized carbons (Fsp3) is 0.647. The van der Waals surface area contributed by atoms with E-state index in [2.05, 4.69) is 49.1 Å². The van der Waals surface area contributed by atoms with Crippen LogP contribution in [0.1, 0.15) is 43.4 Å². The van der Waals surface area contributed by atoms with Crippen molar-refractivity contribution < 1.29 is 4.74 Å². The van der Waals surface area contributed by atoms with Crippen LogP contribution in [0.2, 0.25) is 0 Å². The van der Waals surface area contributed by atoms with Gasteiger partial charge in [0.2, 0.25) is 0 Å². The molecule has 1 N–H and O–H groups in total. The van der Waals surface area contributed by atoms with Gasteiger partial charge in [0.1, 0.15) is 5.75 Å². The van der Waals surface area contributed by atoms with Gasteiger partial charge in [-0.15, -0.1) is 0 Å². The topological polar surface area (TPSA) is 21.3 Å². The summed E-state index contributed by atoms with van der Waals surface area (Å²) < 4.78 is 5.32. The van der Waals surface area contributed by atoms with Crippen molar-refractivity contribution in [3.8, 4) is 5.75 Å². The lowest BCUT2D eigenvalue weighted by atomic mass is 9.89. The van der Waals surface area contributed by atoms with Crippen molar-refractivity contribution in [1.29, 1.82) is 0 Å². The lowest BCUT2D eigenvalue weighted by Crippen LogP contribution is -2.25. The van der Waals surface area contributed by atoms with Gasteiger partial charge >= 0.3 is 0 Å². The Morgan fingerprint density at radius 1 is 1.35 bits per heavy atom. The first-order chi connectivity index (χ1) is 9.74. The first-order valence-electron chi connectivity index (χ1n) is 7.70. The molecule has 1 aliphatic rings. The molecule has 2 rings (SSSR count). The quantitative estimate of drug-likeness (QED) is 0.850. The Labute approximate surface area is 127 Å². The van der Waals surface area contributed by atoms with Gasteiger partial charge in [0.05, 0.1) is 7.11 Å². The molecule has 1 atom stereocenters. The molecule has 0 radical (unpaired) electrons. The van der Waals surface area contributed by atoms with Gasteiger partial charge in [-0.2, -0.15) is 11.8 Å². The molecule has 1 fully saturated rings. The lowest BCUT2D eigenvalue weighted by molar-refractivity contribution is 0.373. The molecule has 1 heterocycles. The third-order valence-electron chi connectivity index (χ3n) is 4.21. The Balaban J connectivity index is 2.10. The van der Waals surface area contributed by atoms with Gasteiger partial charge in [-0.05, 0) is 73.4 Å². The minimum absolute atomic E-state index is 0.485. The van der Waals surface area contributed by atoms with Crippen molar-refractivity contribution in [3.05, 3.63) is 29.3 Å². The number of hydrogen-bond acceptors (Lipinski definition) is 3. The maximum atomic E-state index is 5.32. The molecule has 1 aromatic carbocycles. The molecule has 1 aliphatic heterocycles. The zero-order valence-electron chi connectivity index (χ0n) is 12.9. The second-order valence-corrected chi connectivity index (χ2v) is 6.85. The summed E-state index contributed by atoms with van der Waals surface area (Å²) in [6.07, 6.45) is 4.02. The zero-order chi connectivity index (χ0) is 14.4. The third-order valence-corrected chi connectivity index (χ3v) is 5.26. The van der Waals surface area contributed by atoms with Crippen LogP contribution in [0, 0.1) is 12.8 Å². The Morgan fingerprint density at radius 2 is 2.10 bits per heavy atom. The van der Waals surface area contributed by atoms with Crippen LogP contribution in [-0.4, -0.2) is 25.2 Å². The number of thioether (sulfide) groups is 1. The number of aryl methyl sites for hydroxylation is 1. The lowest BCUT2D eigenvalue weighted by Gasteiger charge is -2.28. The highest BCUT2D eigenvalue weighted by atomic mass is 32.2. The number of nitrogens with one attached hydrogen (secondary N) is 1. The van der Waals surface area contributed by atoms with E-state index < -0.39 is 0 Å². The number of methoxy groups -OCH3 is 1. The number of rotatable bonds is 6. The van der Waals surface area contributed by atoms with Crippen LogP contribution in [0.5, 0.6) is 5.75 Å². The van der Waals surface area contributed by atoms with Gasteiger partial charge in [-0.25, -0.2) is 0 Å². The van der Waals surface area contributed by atoms with Crippen LogP contribution in [0.25, 0.3) is 0 Å². The number of hydrogen-bond donors (Lipinski definition) is 1. The standard InChI is InChI=1S/C17H27NOS/c1-4-18-17(12-14-7-9-20-10-8-14)16-6-5-15(19-3)11-13(16)2/h5-6,11,14,17-18H,4,7-10,12H2,1-3H3. The van der Waals surface area contributed by atoms with E-state index in [-0.39, 0.29) is 0 Å². The molecule has 0 aliphatic carbocycles. The molecule has 112 valence electrons. The van der Waals surface area contributed by atoms with Gasteiger partial charge < -0.3 is 10.1 Å². The summed E-state index contributed by atoms with van der Waals surface area (Å²) in [6, 6.07) is 6.96. The van der Waals surface area contributed by atoms with Crippen LogP contribution < -0.4 is 10.1 Å². The molecule has 0 spiro atoms. The summed E-state index contributed by atoms with van der Waals surface area (Å²) in [5.41, 5.74) is 2.77. The maximum absolute atomic E-state index is 5.32.